The number of hydrogen-bond donors (Lipinski definition) is 3. The number of benzene rings is 1. The molecular weight excluding hydrogens is 240 g/mol. The third kappa shape index (κ3) is 2.34. The molecule has 1 atom stereocenters. The number of carbonyl (C=O) groups is 1. The van der Waals surface area contributed by atoms with Gasteiger partial charge in [0.25, 0.3) is 0 Å². The summed E-state index contributed by atoms with van der Waals surface area (Å²) in [4.78, 5) is 16.9. The third-order valence-corrected chi connectivity index (χ3v) is 3.73. The molecule has 2 heterocycles. The van der Waals surface area contributed by atoms with E-state index in [-0.39, 0.29) is 11.9 Å². The molecular formula is C14H18N4O. The van der Waals surface area contributed by atoms with Crippen LogP contribution >= 0.6 is 0 Å². The zero-order valence-electron chi connectivity index (χ0n) is 10.7. The number of amides is 1. The largest absolute Gasteiger partial charge is 0.368 e. The smallest absolute Gasteiger partial charge is 0.236 e. The molecule has 1 aliphatic rings. The van der Waals surface area contributed by atoms with Crippen LogP contribution in [0.5, 0.6) is 0 Å². The van der Waals surface area contributed by atoms with Gasteiger partial charge in [0.15, 0.2) is 0 Å². The summed E-state index contributed by atoms with van der Waals surface area (Å²) in [6, 6.07) is 7.98. The lowest BCUT2D eigenvalue weighted by Crippen LogP contribution is -2.56. The molecule has 4 N–H and O–H groups in total. The number of primary amides is 1. The molecule has 3 rings (SSSR count). The SMILES string of the molecule is NC(=O)C1CNCCN1Cc1c[nH]c2ccccc12. The molecule has 0 saturated carbocycles. The molecule has 1 saturated heterocycles. The minimum absolute atomic E-state index is 0.220. The minimum Gasteiger partial charge on any atom is -0.368 e. The summed E-state index contributed by atoms with van der Waals surface area (Å²) in [5.41, 5.74) is 7.81. The Hall–Kier alpha value is -1.85. The first-order valence-electron chi connectivity index (χ1n) is 6.55. The normalized spacial score (nSPS) is 20.7. The molecule has 0 radical (unpaired) electrons. The highest BCUT2D eigenvalue weighted by molar-refractivity contribution is 5.83. The van der Waals surface area contributed by atoms with Crippen molar-refractivity contribution in [2.75, 3.05) is 19.6 Å². The lowest BCUT2D eigenvalue weighted by molar-refractivity contribution is -0.124. The van der Waals surface area contributed by atoms with E-state index in [4.69, 9.17) is 5.73 Å². The summed E-state index contributed by atoms with van der Waals surface area (Å²) in [7, 11) is 0. The lowest BCUT2D eigenvalue weighted by Gasteiger charge is -2.33. The molecule has 1 aromatic heterocycles. The van der Waals surface area contributed by atoms with Gasteiger partial charge in [-0.05, 0) is 11.6 Å². The summed E-state index contributed by atoms with van der Waals surface area (Å²) in [6.45, 7) is 3.12. The minimum atomic E-state index is -0.257. The van der Waals surface area contributed by atoms with E-state index in [1.165, 1.54) is 10.9 Å². The Bertz CT molecular complexity index is 592. The Kier molecular flexibility index (Phi) is 3.23. The van der Waals surface area contributed by atoms with Crippen molar-refractivity contribution < 1.29 is 4.79 Å². The molecule has 1 unspecified atom stereocenters. The molecule has 0 spiro atoms. The average molecular weight is 258 g/mol. The van der Waals surface area contributed by atoms with Crippen LogP contribution in [-0.2, 0) is 11.3 Å². The van der Waals surface area contributed by atoms with E-state index in [1.807, 2.05) is 18.3 Å². The highest BCUT2D eigenvalue weighted by Gasteiger charge is 2.27. The van der Waals surface area contributed by atoms with Crippen LogP contribution in [0.15, 0.2) is 30.5 Å². The van der Waals surface area contributed by atoms with E-state index in [0.717, 1.165) is 25.2 Å². The van der Waals surface area contributed by atoms with Gasteiger partial charge in [0.2, 0.25) is 5.91 Å². The summed E-state index contributed by atoms with van der Waals surface area (Å²) >= 11 is 0. The van der Waals surface area contributed by atoms with Crippen molar-refractivity contribution >= 4 is 16.8 Å². The quantitative estimate of drug-likeness (QED) is 0.747. The number of aromatic nitrogens is 1. The number of fused-ring (bicyclic) bond motifs is 1. The number of nitrogens with one attached hydrogen (secondary N) is 2. The maximum atomic E-state index is 11.5. The van der Waals surface area contributed by atoms with Crippen LogP contribution in [0.25, 0.3) is 10.9 Å². The van der Waals surface area contributed by atoms with Crippen LogP contribution in [0.2, 0.25) is 0 Å². The summed E-state index contributed by atoms with van der Waals surface area (Å²) < 4.78 is 0. The van der Waals surface area contributed by atoms with Gasteiger partial charge in [-0.25, -0.2) is 0 Å². The van der Waals surface area contributed by atoms with Crippen molar-refractivity contribution in [1.29, 1.82) is 0 Å². The molecule has 1 fully saturated rings. The Labute approximate surface area is 111 Å². The van der Waals surface area contributed by atoms with Gasteiger partial charge in [-0.15, -0.1) is 0 Å². The molecule has 5 heteroatoms. The van der Waals surface area contributed by atoms with Crippen molar-refractivity contribution in [3.8, 4) is 0 Å². The Balaban J connectivity index is 1.85. The van der Waals surface area contributed by atoms with Gasteiger partial charge in [-0.1, -0.05) is 18.2 Å². The van der Waals surface area contributed by atoms with Crippen molar-refractivity contribution in [3.63, 3.8) is 0 Å². The van der Waals surface area contributed by atoms with Gasteiger partial charge in [-0.3, -0.25) is 9.69 Å². The zero-order valence-corrected chi connectivity index (χ0v) is 10.7. The van der Waals surface area contributed by atoms with Crippen molar-refractivity contribution in [1.82, 2.24) is 15.2 Å². The summed E-state index contributed by atoms with van der Waals surface area (Å²) in [6.07, 6.45) is 2.02. The van der Waals surface area contributed by atoms with Crippen LogP contribution in [0.1, 0.15) is 5.56 Å². The third-order valence-electron chi connectivity index (χ3n) is 3.73. The fraction of sp³-hybridized carbons (Fsp3) is 0.357. The number of carbonyl (C=O) groups excluding carboxylic acids is 1. The average Bonchev–Trinajstić information content (AvgIpc) is 2.83. The number of hydrogen-bond acceptors (Lipinski definition) is 3. The molecule has 19 heavy (non-hydrogen) atoms. The number of piperazine rings is 1. The van der Waals surface area contributed by atoms with Gasteiger partial charge < -0.3 is 16.0 Å². The van der Waals surface area contributed by atoms with E-state index in [0.29, 0.717) is 6.54 Å². The van der Waals surface area contributed by atoms with Gasteiger partial charge >= 0.3 is 0 Å². The Morgan fingerprint density at radius 3 is 3.11 bits per heavy atom. The van der Waals surface area contributed by atoms with Crippen molar-refractivity contribution in [2.45, 2.75) is 12.6 Å². The number of nitrogens with two attached hydrogens (primary N) is 1. The molecule has 0 bridgehead atoms. The van der Waals surface area contributed by atoms with Crippen LogP contribution < -0.4 is 11.1 Å². The number of H-pyrrole nitrogens is 1. The number of para-hydroxylation sites is 1. The van der Waals surface area contributed by atoms with Crippen molar-refractivity contribution in [3.05, 3.63) is 36.0 Å². The standard InChI is InChI=1S/C14H18N4O/c15-14(19)13-8-16-5-6-18(13)9-10-7-17-12-4-2-1-3-11(10)12/h1-4,7,13,16-17H,5-6,8-9H2,(H2,15,19). The van der Waals surface area contributed by atoms with Crippen LogP contribution in [-0.4, -0.2) is 41.5 Å². The topological polar surface area (TPSA) is 74.2 Å². The maximum absolute atomic E-state index is 11.5. The fourth-order valence-electron chi connectivity index (χ4n) is 2.70. The first-order valence-corrected chi connectivity index (χ1v) is 6.55. The molecule has 1 amide bonds. The fourth-order valence-corrected chi connectivity index (χ4v) is 2.70. The van der Waals surface area contributed by atoms with E-state index in [9.17, 15) is 4.79 Å². The first-order chi connectivity index (χ1) is 9.25. The van der Waals surface area contributed by atoms with Crippen LogP contribution in [0.4, 0.5) is 0 Å². The monoisotopic (exact) mass is 258 g/mol. The van der Waals surface area contributed by atoms with Crippen LogP contribution in [0.3, 0.4) is 0 Å². The first kappa shape index (κ1) is 12.2. The predicted molar refractivity (Wildman–Crippen MR) is 74.6 cm³/mol. The highest BCUT2D eigenvalue weighted by Crippen LogP contribution is 2.20. The van der Waals surface area contributed by atoms with Gasteiger partial charge in [0.1, 0.15) is 6.04 Å². The molecule has 5 nitrogen and oxygen atoms in total. The maximum Gasteiger partial charge on any atom is 0.236 e. The highest BCUT2D eigenvalue weighted by atomic mass is 16.1. The van der Waals surface area contributed by atoms with Gasteiger partial charge in [0.05, 0.1) is 0 Å². The summed E-state index contributed by atoms with van der Waals surface area (Å²) in [5.74, 6) is -0.257. The molecule has 100 valence electrons. The molecule has 1 aromatic carbocycles. The molecule has 2 aromatic rings. The zero-order chi connectivity index (χ0) is 13.2. The number of rotatable bonds is 3. The molecule has 1 aliphatic heterocycles. The van der Waals surface area contributed by atoms with Gasteiger partial charge in [-0.2, -0.15) is 0 Å². The molecule has 0 aliphatic carbocycles. The Morgan fingerprint density at radius 1 is 1.42 bits per heavy atom. The van der Waals surface area contributed by atoms with Crippen molar-refractivity contribution in [2.24, 2.45) is 5.73 Å². The summed E-state index contributed by atoms with van der Waals surface area (Å²) in [5, 5.41) is 4.42. The lowest BCUT2D eigenvalue weighted by atomic mass is 10.1. The second-order valence-electron chi connectivity index (χ2n) is 4.95. The van der Waals surface area contributed by atoms with E-state index in [2.05, 4.69) is 27.3 Å². The van der Waals surface area contributed by atoms with Crippen LogP contribution in [0, 0.1) is 0 Å². The Morgan fingerprint density at radius 2 is 2.26 bits per heavy atom. The van der Waals surface area contributed by atoms with E-state index < -0.39 is 0 Å². The predicted octanol–water partition coefficient (Wildman–Crippen LogP) is 0.427. The number of nitrogens with zero attached hydrogens (tertiary/aromatic N) is 1. The second kappa shape index (κ2) is 5.03. The van der Waals surface area contributed by atoms with E-state index >= 15 is 0 Å². The van der Waals surface area contributed by atoms with E-state index in [1.54, 1.807) is 0 Å². The second-order valence-corrected chi connectivity index (χ2v) is 4.95. The van der Waals surface area contributed by atoms with Gasteiger partial charge in [0, 0.05) is 43.3 Å². The number of aromatic amines is 1.